The number of carbonyl (C=O) groups excluding carboxylic acids is 1. The Kier molecular flexibility index (Phi) is 4.81. The van der Waals surface area contributed by atoms with Crippen molar-refractivity contribution in [3.63, 3.8) is 0 Å². The van der Waals surface area contributed by atoms with Crippen LogP contribution in [0.1, 0.15) is 28.8 Å². The predicted molar refractivity (Wildman–Crippen MR) is 119 cm³/mol. The molecule has 1 fully saturated rings. The molecule has 0 spiro atoms. The van der Waals surface area contributed by atoms with Crippen molar-refractivity contribution in [2.24, 2.45) is 5.73 Å². The summed E-state index contributed by atoms with van der Waals surface area (Å²) in [7, 11) is 0. The van der Waals surface area contributed by atoms with Gasteiger partial charge in [-0.2, -0.15) is 5.26 Å². The number of fused-ring (bicyclic) bond motifs is 1. The highest BCUT2D eigenvalue weighted by atomic mass is 16.3. The van der Waals surface area contributed by atoms with Crippen LogP contribution in [0.3, 0.4) is 0 Å². The number of nitrogens with one attached hydrogen (secondary N) is 1. The lowest BCUT2D eigenvalue weighted by Gasteiger charge is -2.30. The third-order valence-electron chi connectivity index (χ3n) is 6.03. The number of furan rings is 1. The van der Waals surface area contributed by atoms with Gasteiger partial charge >= 0.3 is 0 Å². The van der Waals surface area contributed by atoms with E-state index in [1.54, 1.807) is 30.9 Å². The molecule has 154 valence electrons. The summed E-state index contributed by atoms with van der Waals surface area (Å²) in [6.45, 7) is 1.37. The summed E-state index contributed by atoms with van der Waals surface area (Å²) in [5.41, 5.74) is 12.1. The number of piperidine rings is 1. The summed E-state index contributed by atoms with van der Waals surface area (Å²) in [5, 5.41) is 10.0. The molecule has 1 aliphatic heterocycles. The van der Waals surface area contributed by atoms with Crippen molar-refractivity contribution in [1.29, 1.82) is 5.26 Å². The van der Waals surface area contributed by atoms with Crippen molar-refractivity contribution in [3.05, 3.63) is 72.3 Å². The summed E-state index contributed by atoms with van der Waals surface area (Å²) in [5.74, 6) is 0.0278. The first-order chi connectivity index (χ1) is 15.1. The van der Waals surface area contributed by atoms with E-state index in [-0.39, 0.29) is 11.9 Å². The molecule has 5 rings (SSSR count). The number of amides is 1. The molecule has 6 nitrogen and oxygen atoms in total. The van der Waals surface area contributed by atoms with Crippen LogP contribution in [0.2, 0.25) is 0 Å². The van der Waals surface area contributed by atoms with Crippen LogP contribution >= 0.6 is 0 Å². The Labute approximate surface area is 179 Å². The normalized spacial score (nSPS) is 14.6. The zero-order chi connectivity index (χ0) is 21.4. The molecule has 6 heteroatoms. The zero-order valence-corrected chi connectivity index (χ0v) is 17.0. The van der Waals surface area contributed by atoms with Crippen molar-refractivity contribution in [2.75, 3.05) is 13.1 Å². The van der Waals surface area contributed by atoms with Gasteiger partial charge in [0.15, 0.2) is 0 Å². The highest BCUT2D eigenvalue weighted by Crippen LogP contribution is 2.37. The van der Waals surface area contributed by atoms with Gasteiger partial charge in [0.25, 0.3) is 5.91 Å². The van der Waals surface area contributed by atoms with Crippen molar-refractivity contribution >= 4 is 16.8 Å². The van der Waals surface area contributed by atoms with E-state index in [1.807, 2.05) is 23.1 Å². The molecule has 1 aliphatic rings. The molecule has 3 heterocycles. The van der Waals surface area contributed by atoms with Gasteiger partial charge in [0, 0.05) is 41.8 Å². The van der Waals surface area contributed by atoms with Crippen LogP contribution in [0.4, 0.5) is 0 Å². The van der Waals surface area contributed by atoms with Gasteiger partial charge in [-0.25, -0.2) is 0 Å². The second-order valence-electron chi connectivity index (χ2n) is 7.98. The first kappa shape index (κ1) is 19.2. The second kappa shape index (κ2) is 7.78. The van der Waals surface area contributed by atoms with Crippen molar-refractivity contribution in [2.45, 2.75) is 18.9 Å². The number of benzene rings is 2. The summed E-state index contributed by atoms with van der Waals surface area (Å²) >= 11 is 0. The number of rotatable bonds is 3. The molecular formula is C25H22N4O2. The molecule has 3 N–H and O–H groups in total. The Hall–Kier alpha value is -3.82. The fraction of sp³-hybridized carbons (Fsp3) is 0.200. The quantitative estimate of drug-likeness (QED) is 0.518. The minimum Gasteiger partial charge on any atom is -0.472 e. The summed E-state index contributed by atoms with van der Waals surface area (Å²) in [6, 6.07) is 15.8. The van der Waals surface area contributed by atoms with Crippen molar-refractivity contribution in [3.8, 4) is 28.3 Å². The van der Waals surface area contributed by atoms with Crippen LogP contribution < -0.4 is 5.73 Å². The van der Waals surface area contributed by atoms with Gasteiger partial charge in [0.2, 0.25) is 0 Å². The van der Waals surface area contributed by atoms with Gasteiger partial charge in [-0.3, -0.25) is 4.79 Å². The summed E-state index contributed by atoms with van der Waals surface area (Å²) < 4.78 is 5.32. The highest BCUT2D eigenvalue weighted by molar-refractivity contribution is 6.09. The Bertz CT molecular complexity index is 1270. The number of likely N-dealkylation sites (tertiary alicyclic amines) is 1. The maximum absolute atomic E-state index is 13.2. The molecule has 1 saturated heterocycles. The smallest absolute Gasteiger partial charge is 0.256 e. The molecule has 2 aromatic heterocycles. The number of hydrogen-bond acceptors (Lipinski definition) is 4. The van der Waals surface area contributed by atoms with E-state index in [0.29, 0.717) is 24.2 Å². The average molecular weight is 410 g/mol. The fourth-order valence-corrected chi connectivity index (χ4v) is 4.24. The number of nitrogens with zero attached hydrogens (tertiary/aromatic N) is 2. The number of H-pyrrole nitrogens is 1. The Balaban J connectivity index is 1.63. The minimum absolute atomic E-state index is 0.0278. The largest absolute Gasteiger partial charge is 0.472 e. The number of aromatic nitrogens is 1. The molecule has 4 aromatic rings. The van der Waals surface area contributed by atoms with Crippen LogP contribution in [0.25, 0.3) is 33.2 Å². The number of carbonyl (C=O) groups is 1. The van der Waals surface area contributed by atoms with E-state index in [0.717, 1.165) is 46.0 Å². The van der Waals surface area contributed by atoms with E-state index in [9.17, 15) is 4.79 Å². The Morgan fingerprint density at radius 3 is 2.52 bits per heavy atom. The standard InChI is InChI=1S/C25H22N4O2/c26-13-16-1-3-17(4-2-16)20-11-22-23(25(30)29-8-5-19(27)6-9-29)14-28-24(22)12-21(20)18-7-10-31-15-18/h1-4,7,10-12,14-15,19,28H,5-6,8-9,27H2. The van der Waals surface area contributed by atoms with Crippen molar-refractivity contribution in [1.82, 2.24) is 9.88 Å². The minimum atomic E-state index is 0.0278. The monoisotopic (exact) mass is 410 g/mol. The van der Waals surface area contributed by atoms with Crippen LogP contribution in [0.15, 0.2) is 65.6 Å². The summed E-state index contributed by atoms with van der Waals surface area (Å²) in [4.78, 5) is 18.4. The highest BCUT2D eigenvalue weighted by Gasteiger charge is 2.24. The lowest BCUT2D eigenvalue weighted by Crippen LogP contribution is -2.42. The number of nitrogens with two attached hydrogens (primary N) is 1. The third-order valence-corrected chi connectivity index (χ3v) is 6.03. The first-order valence-corrected chi connectivity index (χ1v) is 10.4. The van der Waals surface area contributed by atoms with Gasteiger partial charge in [-0.15, -0.1) is 0 Å². The zero-order valence-electron chi connectivity index (χ0n) is 17.0. The average Bonchev–Trinajstić information content (AvgIpc) is 3.48. The van der Waals surface area contributed by atoms with Gasteiger partial charge in [-0.05, 0) is 59.9 Å². The summed E-state index contributed by atoms with van der Waals surface area (Å²) in [6.07, 6.45) is 6.81. The lowest BCUT2D eigenvalue weighted by atomic mass is 9.93. The molecular weight excluding hydrogens is 388 g/mol. The van der Waals surface area contributed by atoms with E-state index < -0.39 is 0 Å². The predicted octanol–water partition coefficient (Wildman–Crippen LogP) is 4.53. The molecule has 31 heavy (non-hydrogen) atoms. The lowest BCUT2D eigenvalue weighted by molar-refractivity contribution is 0.0717. The topological polar surface area (TPSA) is 99.0 Å². The molecule has 2 aromatic carbocycles. The number of hydrogen-bond donors (Lipinski definition) is 2. The SMILES string of the molecule is N#Cc1ccc(-c2cc3c(C(=O)N4CCC(N)CC4)c[nH]c3cc2-c2ccoc2)cc1. The molecule has 0 atom stereocenters. The van der Waals surface area contributed by atoms with E-state index in [1.165, 1.54) is 0 Å². The van der Waals surface area contributed by atoms with Gasteiger partial charge < -0.3 is 20.0 Å². The van der Waals surface area contributed by atoms with Gasteiger partial charge in [0.05, 0.1) is 29.7 Å². The number of nitriles is 1. The molecule has 0 unspecified atom stereocenters. The van der Waals surface area contributed by atoms with Gasteiger partial charge in [0.1, 0.15) is 0 Å². The Morgan fingerprint density at radius 1 is 1.10 bits per heavy atom. The van der Waals surface area contributed by atoms with Crippen LogP contribution in [-0.2, 0) is 0 Å². The first-order valence-electron chi connectivity index (χ1n) is 10.4. The van der Waals surface area contributed by atoms with Crippen LogP contribution in [0, 0.1) is 11.3 Å². The molecule has 1 amide bonds. The molecule has 0 radical (unpaired) electrons. The van der Waals surface area contributed by atoms with E-state index in [2.05, 4.69) is 23.2 Å². The molecule has 0 bridgehead atoms. The third kappa shape index (κ3) is 3.49. The maximum Gasteiger partial charge on any atom is 0.256 e. The maximum atomic E-state index is 13.2. The fourth-order valence-electron chi connectivity index (χ4n) is 4.24. The van der Waals surface area contributed by atoms with Crippen LogP contribution in [0.5, 0.6) is 0 Å². The van der Waals surface area contributed by atoms with Crippen LogP contribution in [-0.4, -0.2) is 34.9 Å². The van der Waals surface area contributed by atoms with E-state index >= 15 is 0 Å². The number of aromatic amines is 1. The van der Waals surface area contributed by atoms with E-state index in [4.69, 9.17) is 15.4 Å². The Morgan fingerprint density at radius 2 is 1.84 bits per heavy atom. The van der Waals surface area contributed by atoms with Crippen molar-refractivity contribution < 1.29 is 9.21 Å². The molecule has 0 saturated carbocycles. The second-order valence-corrected chi connectivity index (χ2v) is 7.98. The van der Waals surface area contributed by atoms with Gasteiger partial charge in [-0.1, -0.05) is 12.1 Å². The molecule has 0 aliphatic carbocycles.